The first kappa shape index (κ1) is 13.0. The largest absolute Gasteiger partial charge is 0.327 e. The second kappa shape index (κ2) is 4.99. The van der Waals surface area contributed by atoms with Crippen LogP contribution in [0.25, 0.3) is 0 Å². The zero-order chi connectivity index (χ0) is 11.4. The molecular formula is C11H20N2O. The minimum atomic E-state index is -0.709. The molecule has 0 aromatic carbocycles. The molecule has 0 heterocycles. The van der Waals surface area contributed by atoms with Crippen LogP contribution in [0.5, 0.6) is 0 Å². The predicted molar refractivity (Wildman–Crippen MR) is 56.5 cm³/mol. The monoisotopic (exact) mass is 196 g/mol. The van der Waals surface area contributed by atoms with Crippen molar-refractivity contribution in [2.45, 2.75) is 46.1 Å². The maximum atomic E-state index is 11.9. The molecule has 0 atom stereocenters. The van der Waals surface area contributed by atoms with E-state index in [9.17, 15) is 4.79 Å². The van der Waals surface area contributed by atoms with Crippen LogP contribution in [0.4, 0.5) is 0 Å². The van der Waals surface area contributed by atoms with Crippen molar-refractivity contribution < 1.29 is 4.79 Å². The molecule has 80 valence electrons. The Morgan fingerprint density at radius 1 is 1.43 bits per heavy atom. The van der Waals surface area contributed by atoms with Crippen molar-refractivity contribution in [3.63, 3.8) is 0 Å². The van der Waals surface area contributed by atoms with Crippen LogP contribution >= 0.6 is 0 Å². The smallest absolute Gasteiger partial charge is 0.226 e. The number of hydrogen-bond donors (Lipinski definition) is 0. The summed E-state index contributed by atoms with van der Waals surface area (Å²) in [5.41, 5.74) is -0.709. The maximum absolute atomic E-state index is 11.9. The van der Waals surface area contributed by atoms with Crippen molar-refractivity contribution in [1.29, 1.82) is 5.26 Å². The van der Waals surface area contributed by atoms with E-state index in [2.05, 4.69) is 6.07 Å². The van der Waals surface area contributed by atoms with Crippen LogP contribution in [0.15, 0.2) is 0 Å². The van der Waals surface area contributed by atoms with Gasteiger partial charge in [-0.15, -0.1) is 0 Å². The third-order valence-corrected chi connectivity index (χ3v) is 2.78. The van der Waals surface area contributed by atoms with Gasteiger partial charge in [0.25, 0.3) is 0 Å². The standard InChI is InChI=1S/C11H20N2O/c1-6-9(7-2)10(14)13(5)11(3,4)8-12/h9H,6-7H2,1-5H3. The first-order valence-electron chi connectivity index (χ1n) is 5.09. The molecule has 0 aliphatic rings. The van der Waals surface area contributed by atoms with Gasteiger partial charge in [-0.2, -0.15) is 5.26 Å². The molecule has 1 amide bonds. The van der Waals surface area contributed by atoms with Gasteiger partial charge in [0.15, 0.2) is 0 Å². The number of nitrogens with zero attached hydrogens (tertiary/aromatic N) is 2. The molecule has 3 heteroatoms. The van der Waals surface area contributed by atoms with Gasteiger partial charge in [-0.05, 0) is 26.7 Å². The maximum Gasteiger partial charge on any atom is 0.226 e. The molecule has 0 bridgehead atoms. The summed E-state index contributed by atoms with van der Waals surface area (Å²) in [6, 6.07) is 2.13. The van der Waals surface area contributed by atoms with Gasteiger partial charge >= 0.3 is 0 Å². The predicted octanol–water partition coefficient (Wildman–Crippen LogP) is 2.18. The summed E-state index contributed by atoms with van der Waals surface area (Å²) in [6.07, 6.45) is 1.67. The summed E-state index contributed by atoms with van der Waals surface area (Å²) in [5.74, 6) is 0.120. The molecular weight excluding hydrogens is 176 g/mol. The van der Waals surface area contributed by atoms with Crippen molar-refractivity contribution in [3.8, 4) is 6.07 Å². The third-order valence-electron chi connectivity index (χ3n) is 2.78. The fraction of sp³-hybridized carbons (Fsp3) is 0.818. The fourth-order valence-corrected chi connectivity index (χ4v) is 1.26. The molecule has 14 heavy (non-hydrogen) atoms. The van der Waals surface area contributed by atoms with E-state index in [-0.39, 0.29) is 11.8 Å². The van der Waals surface area contributed by atoms with E-state index in [0.29, 0.717) is 0 Å². The zero-order valence-electron chi connectivity index (χ0n) is 9.79. The Morgan fingerprint density at radius 2 is 1.86 bits per heavy atom. The number of nitriles is 1. The van der Waals surface area contributed by atoms with Crippen LogP contribution in [-0.4, -0.2) is 23.4 Å². The van der Waals surface area contributed by atoms with Gasteiger partial charge in [0.1, 0.15) is 5.54 Å². The number of carbonyl (C=O) groups is 1. The highest BCUT2D eigenvalue weighted by Crippen LogP contribution is 2.18. The molecule has 3 nitrogen and oxygen atoms in total. The number of carbonyl (C=O) groups excluding carboxylic acids is 1. The lowest BCUT2D eigenvalue weighted by Gasteiger charge is -2.31. The Morgan fingerprint density at radius 3 is 2.14 bits per heavy atom. The summed E-state index contributed by atoms with van der Waals surface area (Å²) in [7, 11) is 1.70. The van der Waals surface area contributed by atoms with Crippen molar-refractivity contribution in [3.05, 3.63) is 0 Å². The van der Waals surface area contributed by atoms with Gasteiger partial charge in [-0.3, -0.25) is 4.79 Å². The van der Waals surface area contributed by atoms with Crippen LogP contribution in [0, 0.1) is 17.2 Å². The number of hydrogen-bond acceptors (Lipinski definition) is 2. The lowest BCUT2D eigenvalue weighted by molar-refractivity contribution is -0.137. The highest BCUT2D eigenvalue weighted by molar-refractivity contribution is 5.79. The first-order chi connectivity index (χ1) is 6.40. The van der Waals surface area contributed by atoms with E-state index in [4.69, 9.17) is 5.26 Å². The van der Waals surface area contributed by atoms with Crippen molar-refractivity contribution >= 4 is 5.91 Å². The van der Waals surface area contributed by atoms with Crippen molar-refractivity contribution in [2.24, 2.45) is 5.92 Å². The van der Waals surface area contributed by atoms with Gasteiger partial charge in [0, 0.05) is 13.0 Å². The molecule has 0 aromatic rings. The second-order valence-electron chi connectivity index (χ2n) is 4.08. The normalized spacial score (nSPS) is 11.2. The average molecular weight is 196 g/mol. The summed E-state index contributed by atoms with van der Waals surface area (Å²) in [6.45, 7) is 7.51. The van der Waals surface area contributed by atoms with Gasteiger partial charge in [0.2, 0.25) is 5.91 Å². The van der Waals surface area contributed by atoms with Gasteiger partial charge in [0.05, 0.1) is 6.07 Å². The Hall–Kier alpha value is -1.04. The van der Waals surface area contributed by atoms with Gasteiger partial charge in [-0.1, -0.05) is 13.8 Å². The Balaban J connectivity index is 4.63. The van der Waals surface area contributed by atoms with Crippen LogP contribution < -0.4 is 0 Å². The summed E-state index contributed by atoms with van der Waals surface area (Å²) in [5, 5.41) is 8.90. The number of amides is 1. The van der Waals surface area contributed by atoms with Crippen molar-refractivity contribution in [1.82, 2.24) is 4.90 Å². The van der Waals surface area contributed by atoms with Crippen molar-refractivity contribution in [2.75, 3.05) is 7.05 Å². The second-order valence-corrected chi connectivity index (χ2v) is 4.08. The minimum absolute atomic E-state index is 0.0487. The molecule has 0 N–H and O–H groups in total. The van der Waals surface area contributed by atoms with E-state index < -0.39 is 5.54 Å². The van der Waals surface area contributed by atoms with Crippen LogP contribution in [0.3, 0.4) is 0 Å². The van der Waals surface area contributed by atoms with E-state index >= 15 is 0 Å². The van der Waals surface area contributed by atoms with Gasteiger partial charge < -0.3 is 4.90 Å². The summed E-state index contributed by atoms with van der Waals surface area (Å²) in [4.78, 5) is 13.4. The molecule has 0 fully saturated rings. The summed E-state index contributed by atoms with van der Waals surface area (Å²) >= 11 is 0. The Kier molecular flexibility index (Phi) is 4.62. The SMILES string of the molecule is CCC(CC)C(=O)N(C)C(C)(C)C#N. The third kappa shape index (κ3) is 2.73. The molecule has 0 aliphatic carbocycles. The molecule has 0 saturated heterocycles. The molecule has 0 aromatic heterocycles. The van der Waals surface area contributed by atoms with E-state index in [1.54, 1.807) is 25.8 Å². The quantitative estimate of drug-likeness (QED) is 0.691. The zero-order valence-corrected chi connectivity index (χ0v) is 9.79. The van der Waals surface area contributed by atoms with Gasteiger partial charge in [-0.25, -0.2) is 0 Å². The first-order valence-corrected chi connectivity index (χ1v) is 5.09. The minimum Gasteiger partial charge on any atom is -0.327 e. The highest BCUT2D eigenvalue weighted by Gasteiger charge is 2.30. The summed E-state index contributed by atoms with van der Waals surface area (Å²) < 4.78 is 0. The van der Waals surface area contributed by atoms with Crippen LogP contribution in [0.2, 0.25) is 0 Å². The lowest BCUT2D eigenvalue weighted by atomic mass is 9.98. The van der Waals surface area contributed by atoms with Crippen LogP contribution in [-0.2, 0) is 4.79 Å². The molecule has 0 spiro atoms. The molecule has 0 radical (unpaired) electrons. The molecule has 0 rings (SSSR count). The van der Waals surface area contributed by atoms with E-state index in [0.717, 1.165) is 12.8 Å². The van der Waals surface area contributed by atoms with E-state index in [1.165, 1.54) is 0 Å². The number of rotatable bonds is 4. The van der Waals surface area contributed by atoms with Crippen LogP contribution in [0.1, 0.15) is 40.5 Å². The Labute approximate surface area is 86.7 Å². The molecule has 0 unspecified atom stereocenters. The topological polar surface area (TPSA) is 44.1 Å². The lowest BCUT2D eigenvalue weighted by Crippen LogP contribution is -2.46. The molecule has 0 saturated carbocycles. The fourth-order valence-electron chi connectivity index (χ4n) is 1.26. The van der Waals surface area contributed by atoms with E-state index in [1.807, 2.05) is 13.8 Å². The Bertz CT molecular complexity index is 236. The molecule has 0 aliphatic heterocycles. The highest BCUT2D eigenvalue weighted by atomic mass is 16.2. The average Bonchev–Trinajstić information content (AvgIpc) is 2.18.